The summed E-state index contributed by atoms with van der Waals surface area (Å²) in [6.45, 7) is 0.865. The van der Waals surface area contributed by atoms with Crippen molar-refractivity contribution in [1.82, 2.24) is 0 Å². The molecule has 0 aliphatic heterocycles. The van der Waals surface area contributed by atoms with Crippen LogP contribution < -0.4 is 10.1 Å². The van der Waals surface area contributed by atoms with Crippen molar-refractivity contribution in [3.63, 3.8) is 0 Å². The average Bonchev–Trinajstić information content (AvgIpc) is 2.60. The second kappa shape index (κ2) is 8.05. The molecule has 2 aromatic carbocycles. The highest BCUT2D eigenvalue weighted by atomic mass is 19.1. The second-order valence-electron chi connectivity index (χ2n) is 5.10. The molecule has 0 spiro atoms. The van der Waals surface area contributed by atoms with Crippen molar-refractivity contribution >= 4 is 23.3 Å². The van der Waals surface area contributed by atoms with Crippen LogP contribution in [0.5, 0.6) is 5.75 Å². The lowest BCUT2D eigenvalue weighted by atomic mass is 10.1. The Kier molecular flexibility index (Phi) is 5.84. The largest absolute Gasteiger partial charge is 0.497 e. The number of carbonyl (C=O) groups is 3. The van der Waals surface area contributed by atoms with Crippen LogP contribution in [-0.4, -0.2) is 31.4 Å². The van der Waals surface area contributed by atoms with Gasteiger partial charge in [-0.3, -0.25) is 9.59 Å². The second-order valence-corrected chi connectivity index (χ2v) is 5.10. The van der Waals surface area contributed by atoms with Gasteiger partial charge in [0.15, 0.2) is 12.4 Å². The van der Waals surface area contributed by atoms with Crippen LogP contribution in [0.2, 0.25) is 0 Å². The zero-order chi connectivity index (χ0) is 18.4. The summed E-state index contributed by atoms with van der Waals surface area (Å²) in [4.78, 5) is 34.8. The first-order chi connectivity index (χ1) is 11.9. The number of nitrogens with one attached hydrogen (secondary N) is 1. The molecule has 0 unspecified atom stereocenters. The van der Waals surface area contributed by atoms with Gasteiger partial charge in [-0.05, 0) is 43.3 Å². The number of esters is 1. The summed E-state index contributed by atoms with van der Waals surface area (Å²) in [6.07, 6.45) is 0. The van der Waals surface area contributed by atoms with E-state index in [1.54, 1.807) is 24.3 Å². The maximum atomic E-state index is 13.8. The molecule has 0 aromatic heterocycles. The fourth-order valence-electron chi connectivity index (χ4n) is 1.98. The third-order valence-electron chi connectivity index (χ3n) is 3.31. The van der Waals surface area contributed by atoms with E-state index in [0.29, 0.717) is 11.3 Å². The van der Waals surface area contributed by atoms with Crippen molar-refractivity contribution in [1.29, 1.82) is 0 Å². The van der Waals surface area contributed by atoms with Gasteiger partial charge in [0.2, 0.25) is 0 Å². The number of ether oxygens (including phenoxy) is 2. The van der Waals surface area contributed by atoms with E-state index in [1.165, 1.54) is 26.2 Å². The van der Waals surface area contributed by atoms with Gasteiger partial charge in [-0.15, -0.1) is 0 Å². The molecule has 0 saturated heterocycles. The Morgan fingerprint density at radius 1 is 1.08 bits per heavy atom. The van der Waals surface area contributed by atoms with Crippen LogP contribution in [-0.2, 0) is 9.53 Å². The number of methoxy groups -OCH3 is 1. The molecule has 0 aliphatic rings. The minimum atomic E-state index is -0.956. The van der Waals surface area contributed by atoms with E-state index in [9.17, 15) is 18.8 Å². The Morgan fingerprint density at radius 2 is 1.76 bits per heavy atom. The highest BCUT2D eigenvalue weighted by molar-refractivity contribution is 5.97. The molecule has 0 fully saturated rings. The molecule has 0 heterocycles. The van der Waals surface area contributed by atoms with Crippen molar-refractivity contribution in [3.8, 4) is 5.75 Å². The SMILES string of the molecule is COc1ccc(C(=O)OCC(=O)Nc2ccc(C(C)=O)cc2)c(F)c1. The smallest absolute Gasteiger partial charge is 0.341 e. The van der Waals surface area contributed by atoms with Gasteiger partial charge in [-0.2, -0.15) is 0 Å². The lowest BCUT2D eigenvalue weighted by Gasteiger charge is -2.08. The molecule has 0 radical (unpaired) electrons. The van der Waals surface area contributed by atoms with Gasteiger partial charge >= 0.3 is 5.97 Å². The number of amides is 1. The summed E-state index contributed by atoms with van der Waals surface area (Å²) in [5.41, 5.74) is 0.667. The van der Waals surface area contributed by atoms with Gasteiger partial charge in [0, 0.05) is 17.3 Å². The zero-order valence-corrected chi connectivity index (χ0v) is 13.7. The quantitative estimate of drug-likeness (QED) is 0.643. The molecule has 130 valence electrons. The Bertz CT molecular complexity index is 802. The van der Waals surface area contributed by atoms with Crippen molar-refractivity contribution < 1.29 is 28.2 Å². The lowest BCUT2D eigenvalue weighted by Crippen LogP contribution is -2.21. The number of rotatable bonds is 6. The molecule has 0 bridgehead atoms. The number of carbonyl (C=O) groups excluding carboxylic acids is 3. The number of anilines is 1. The summed E-state index contributed by atoms with van der Waals surface area (Å²) in [5.74, 6) is -2.17. The van der Waals surface area contributed by atoms with E-state index in [-0.39, 0.29) is 17.1 Å². The van der Waals surface area contributed by atoms with Crippen LogP contribution in [0, 0.1) is 5.82 Å². The third-order valence-corrected chi connectivity index (χ3v) is 3.31. The molecule has 0 aliphatic carbocycles. The molecule has 25 heavy (non-hydrogen) atoms. The first kappa shape index (κ1) is 18.1. The van der Waals surface area contributed by atoms with Crippen LogP contribution in [0.25, 0.3) is 0 Å². The molecular formula is C18H16FNO5. The topological polar surface area (TPSA) is 81.7 Å². The highest BCUT2D eigenvalue weighted by Gasteiger charge is 2.15. The van der Waals surface area contributed by atoms with Crippen molar-refractivity contribution in [2.24, 2.45) is 0 Å². The molecular weight excluding hydrogens is 329 g/mol. The van der Waals surface area contributed by atoms with Crippen molar-refractivity contribution in [3.05, 3.63) is 59.4 Å². The summed E-state index contributed by atoms with van der Waals surface area (Å²) in [5, 5.41) is 2.51. The van der Waals surface area contributed by atoms with E-state index < -0.39 is 24.3 Å². The number of ketones is 1. The average molecular weight is 345 g/mol. The maximum Gasteiger partial charge on any atom is 0.341 e. The number of hydrogen-bond donors (Lipinski definition) is 1. The van der Waals surface area contributed by atoms with Gasteiger partial charge in [-0.1, -0.05) is 0 Å². The number of hydrogen-bond acceptors (Lipinski definition) is 5. The number of halogens is 1. The lowest BCUT2D eigenvalue weighted by molar-refractivity contribution is -0.119. The number of Topliss-reactive ketones (excluding diaryl/α,β-unsaturated/α-hetero) is 1. The van der Waals surface area contributed by atoms with Crippen LogP contribution >= 0.6 is 0 Å². The van der Waals surface area contributed by atoms with Gasteiger partial charge in [0.05, 0.1) is 12.7 Å². The number of benzene rings is 2. The van der Waals surface area contributed by atoms with E-state index in [1.807, 2.05) is 0 Å². The Morgan fingerprint density at radius 3 is 2.32 bits per heavy atom. The summed E-state index contributed by atoms with van der Waals surface area (Å²) >= 11 is 0. The van der Waals surface area contributed by atoms with Gasteiger partial charge in [0.1, 0.15) is 11.6 Å². The van der Waals surface area contributed by atoms with Gasteiger partial charge in [0.25, 0.3) is 5.91 Å². The van der Waals surface area contributed by atoms with E-state index in [2.05, 4.69) is 5.32 Å². The maximum absolute atomic E-state index is 13.8. The fourth-order valence-corrected chi connectivity index (χ4v) is 1.98. The summed E-state index contributed by atoms with van der Waals surface area (Å²) < 4.78 is 23.4. The first-order valence-corrected chi connectivity index (χ1v) is 7.32. The van der Waals surface area contributed by atoms with Crippen molar-refractivity contribution in [2.75, 3.05) is 19.0 Å². The standard InChI is InChI=1S/C18H16FNO5/c1-11(21)12-3-5-13(6-4-12)20-17(22)10-25-18(23)15-8-7-14(24-2)9-16(15)19/h3-9H,10H2,1-2H3,(H,20,22). The minimum Gasteiger partial charge on any atom is -0.497 e. The monoisotopic (exact) mass is 345 g/mol. The van der Waals surface area contributed by atoms with Crippen molar-refractivity contribution in [2.45, 2.75) is 6.92 Å². The minimum absolute atomic E-state index is 0.0895. The normalized spacial score (nSPS) is 10.0. The van der Waals surface area contributed by atoms with E-state index in [4.69, 9.17) is 9.47 Å². The predicted molar refractivity (Wildman–Crippen MR) is 88.3 cm³/mol. The molecule has 7 heteroatoms. The first-order valence-electron chi connectivity index (χ1n) is 7.32. The van der Waals surface area contributed by atoms with E-state index >= 15 is 0 Å². The fraction of sp³-hybridized carbons (Fsp3) is 0.167. The molecule has 2 rings (SSSR count). The molecule has 6 nitrogen and oxygen atoms in total. The van der Waals surface area contributed by atoms with Crippen LogP contribution in [0.3, 0.4) is 0 Å². The molecule has 0 atom stereocenters. The summed E-state index contributed by atoms with van der Waals surface area (Å²) in [6, 6.07) is 9.92. The Hall–Kier alpha value is -3.22. The molecule has 0 saturated carbocycles. The van der Waals surface area contributed by atoms with Crippen LogP contribution in [0.1, 0.15) is 27.6 Å². The summed E-state index contributed by atoms with van der Waals surface area (Å²) in [7, 11) is 1.38. The molecule has 1 amide bonds. The van der Waals surface area contributed by atoms with Crippen LogP contribution in [0.4, 0.5) is 10.1 Å². The molecule has 1 N–H and O–H groups in total. The molecule has 2 aromatic rings. The van der Waals surface area contributed by atoms with E-state index in [0.717, 1.165) is 6.07 Å². The highest BCUT2D eigenvalue weighted by Crippen LogP contribution is 2.17. The third kappa shape index (κ3) is 4.87. The van der Waals surface area contributed by atoms with Gasteiger partial charge < -0.3 is 14.8 Å². The van der Waals surface area contributed by atoms with Crippen LogP contribution in [0.15, 0.2) is 42.5 Å². The Balaban J connectivity index is 1.91. The Labute approximate surface area is 143 Å². The van der Waals surface area contributed by atoms with Gasteiger partial charge in [-0.25, -0.2) is 9.18 Å². The zero-order valence-electron chi connectivity index (χ0n) is 13.7. The predicted octanol–water partition coefficient (Wildman–Crippen LogP) is 2.83.